The number of benzene rings is 2. The van der Waals surface area contributed by atoms with Crippen LogP contribution in [0, 0.1) is 12.8 Å². The SMILES string of the molecule is Cc1nc2ccccc2n1CC1CCN(C(=O)c2cc3ccccc3o2)CC1. The molecule has 1 fully saturated rings. The van der Waals surface area contributed by atoms with E-state index in [4.69, 9.17) is 4.42 Å². The lowest BCUT2D eigenvalue weighted by molar-refractivity contribution is 0.0653. The number of amides is 1. The molecule has 4 aromatic rings. The number of piperidine rings is 1. The molecule has 142 valence electrons. The minimum atomic E-state index is -0.00101. The van der Waals surface area contributed by atoms with Gasteiger partial charge in [-0.3, -0.25) is 4.79 Å². The number of rotatable bonds is 3. The van der Waals surface area contributed by atoms with Crippen molar-refractivity contribution in [2.24, 2.45) is 5.92 Å². The highest BCUT2D eigenvalue weighted by atomic mass is 16.3. The van der Waals surface area contributed by atoms with E-state index in [1.165, 1.54) is 5.52 Å². The smallest absolute Gasteiger partial charge is 0.289 e. The molecule has 0 bridgehead atoms. The maximum absolute atomic E-state index is 12.8. The highest BCUT2D eigenvalue weighted by Crippen LogP contribution is 2.26. The summed E-state index contributed by atoms with van der Waals surface area (Å²) in [4.78, 5) is 19.4. The zero-order valence-corrected chi connectivity index (χ0v) is 16.0. The van der Waals surface area contributed by atoms with Crippen LogP contribution in [0.2, 0.25) is 0 Å². The molecule has 5 nitrogen and oxygen atoms in total. The Morgan fingerprint density at radius 1 is 1.11 bits per heavy atom. The third-order valence-corrected chi connectivity index (χ3v) is 5.82. The second-order valence-electron chi connectivity index (χ2n) is 7.64. The Kier molecular flexibility index (Phi) is 4.15. The zero-order chi connectivity index (χ0) is 19.1. The van der Waals surface area contributed by atoms with Crippen LogP contribution in [0.5, 0.6) is 0 Å². The summed E-state index contributed by atoms with van der Waals surface area (Å²) in [6.45, 7) is 4.57. The molecule has 0 N–H and O–H groups in total. The first-order chi connectivity index (χ1) is 13.7. The van der Waals surface area contributed by atoms with Gasteiger partial charge in [-0.1, -0.05) is 30.3 Å². The Bertz CT molecular complexity index is 1120. The molecule has 1 aliphatic heterocycles. The van der Waals surface area contributed by atoms with Crippen LogP contribution in [-0.4, -0.2) is 33.4 Å². The molecular formula is C23H23N3O2. The Morgan fingerprint density at radius 2 is 1.86 bits per heavy atom. The molecule has 0 saturated carbocycles. The van der Waals surface area contributed by atoms with Crippen molar-refractivity contribution in [1.29, 1.82) is 0 Å². The van der Waals surface area contributed by atoms with Crippen LogP contribution in [0.1, 0.15) is 29.2 Å². The van der Waals surface area contributed by atoms with Gasteiger partial charge in [-0.05, 0) is 49.9 Å². The number of hydrogen-bond donors (Lipinski definition) is 0. The zero-order valence-electron chi connectivity index (χ0n) is 16.0. The van der Waals surface area contributed by atoms with Crippen LogP contribution < -0.4 is 0 Å². The number of hydrogen-bond acceptors (Lipinski definition) is 3. The van der Waals surface area contributed by atoms with Crippen LogP contribution in [0.15, 0.2) is 59.0 Å². The monoisotopic (exact) mass is 373 g/mol. The topological polar surface area (TPSA) is 51.3 Å². The Balaban J connectivity index is 1.27. The lowest BCUT2D eigenvalue weighted by Crippen LogP contribution is -2.39. The first-order valence-electron chi connectivity index (χ1n) is 9.89. The molecule has 1 saturated heterocycles. The van der Waals surface area contributed by atoms with Crippen LogP contribution in [0.3, 0.4) is 0 Å². The predicted molar refractivity (Wildman–Crippen MR) is 109 cm³/mol. The van der Waals surface area contributed by atoms with Gasteiger partial charge in [0.05, 0.1) is 11.0 Å². The Morgan fingerprint density at radius 3 is 2.68 bits per heavy atom. The molecule has 0 aliphatic carbocycles. The van der Waals surface area contributed by atoms with Crippen molar-refractivity contribution in [2.75, 3.05) is 13.1 Å². The molecular weight excluding hydrogens is 350 g/mol. The van der Waals surface area contributed by atoms with Gasteiger partial charge in [0.1, 0.15) is 11.4 Å². The van der Waals surface area contributed by atoms with Gasteiger partial charge in [-0.2, -0.15) is 0 Å². The number of carbonyl (C=O) groups excluding carboxylic acids is 1. The molecule has 1 aliphatic rings. The number of aryl methyl sites for hydroxylation is 1. The molecule has 3 heterocycles. The predicted octanol–water partition coefficient (Wildman–Crippen LogP) is 4.64. The fraction of sp³-hybridized carbons (Fsp3) is 0.304. The van der Waals surface area contributed by atoms with Crippen LogP contribution in [-0.2, 0) is 6.54 Å². The summed E-state index contributed by atoms with van der Waals surface area (Å²) in [6, 6.07) is 17.9. The number of likely N-dealkylation sites (tertiary alicyclic amines) is 1. The first-order valence-corrected chi connectivity index (χ1v) is 9.89. The maximum atomic E-state index is 12.8. The summed E-state index contributed by atoms with van der Waals surface area (Å²) in [5.41, 5.74) is 3.02. The molecule has 1 amide bonds. The number of carbonyl (C=O) groups is 1. The molecule has 0 atom stereocenters. The van der Waals surface area contributed by atoms with E-state index < -0.39 is 0 Å². The number of imidazole rings is 1. The van der Waals surface area contributed by atoms with Crippen molar-refractivity contribution in [3.8, 4) is 0 Å². The molecule has 0 spiro atoms. The van der Waals surface area contributed by atoms with Crippen molar-refractivity contribution in [2.45, 2.75) is 26.3 Å². The number of fused-ring (bicyclic) bond motifs is 2. The van der Waals surface area contributed by atoms with Gasteiger partial charge in [0.25, 0.3) is 5.91 Å². The van der Waals surface area contributed by atoms with Crippen molar-refractivity contribution in [1.82, 2.24) is 14.5 Å². The highest BCUT2D eigenvalue weighted by molar-refractivity contribution is 5.96. The molecule has 5 heteroatoms. The second-order valence-corrected chi connectivity index (χ2v) is 7.64. The van der Waals surface area contributed by atoms with Gasteiger partial charge in [-0.15, -0.1) is 0 Å². The summed E-state index contributed by atoms with van der Waals surface area (Å²) >= 11 is 0. The average Bonchev–Trinajstić information content (AvgIpc) is 3.29. The normalized spacial score (nSPS) is 15.5. The summed E-state index contributed by atoms with van der Waals surface area (Å²) in [6.07, 6.45) is 2.00. The van der Waals surface area contributed by atoms with Crippen LogP contribution in [0.4, 0.5) is 0 Å². The van der Waals surface area contributed by atoms with E-state index in [1.54, 1.807) is 0 Å². The van der Waals surface area contributed by atoms with Crippen molar-refractivity contribution < 1.29 is 9.21 Å². The van der Waals surface area contributed by atoms with Crippen molar-refractivity contribution in [3.05, 3.63) is 66.2 Å². The molecule has 5 rings (SSSR count). The van der Waals surface area contributed by atoms with E-state index in [-0.39, 0.29) is 5.91 Å². The van der Waals surface area contributed by atoms with Gasteiger partial charge in [0.2, 0.25) is 0 Å². The first kappa shape index (κ1) is 17.0. The standard InChI is InChI=1S/C23H23N3O2/c1-16-24-19-7-3-4-8-20(19)26(16)15-17-10-12-25(13-11-17)23(27)22-14-18-6-2-5-9-21(18)28-22/h2-9,14,17H,10-13,15H2,1H3. The summed E-state index contributed by atoms with van der Waals surface area (Å²) in [7, 11) is 0. The van der Waals surface area contributed by atoms with Gasteiger partial charge in [0, 0.05) is 25.0 Å². The van der Waals surface area contributed by atoms with E-state index in [9.17, 15) is 4.79 Å². The van der Waals surface area contributed by atoms with E-state index in [2.05, 4.69) is 34.7 Å². The minimum absolute atomic E-state index is 0.00101. The highest BCUT2D eigenvalue weighted by Gasteiger charge is 2.26. The number of furan rings is 1. The largest absolute Gasteiger partial charge is 0.451 e. The number of nitrogens with zero attached hydrogens (tertiary/aromatic N) is 3. The maximum Gasteiger partial charge on any atom is 0.289 e. The van der Waals surface area contributed by atoms with E-state index in [0.29, 0.717) is 11.7 Å². The van der Waals surface area contributed by atoms with Gasteiger partial charge in [0.15, 0.2) is 5.76 Å². The molecule has 0 radical (unpaired) electrons. The average molecular weight is 373 g/mol. The number of para-hydroxylation sites is 3. The molecule has 0 unspecified atom stereocenters. The third-order valence-electron chi connectivity index (χ3n) is 5.82. The Hall–Kier alpha value is -3.08. The summed E-state index contributed by atoms with van der Waals surface area (Å²) in [5.74, 6) is 2.05. The molecule has 2 aromatic carbocycles. The van der Waals surface area contributed by atoms with Crippen molar-refractivity contribution >= 4 is 27.9 Å². The van der Waals surface area contributed by atoms with Crippen LogP contribution >= 0.6 is 0 Å². The number of aromatic nitrogens is 2. The fourth-order valence-corrected chi connectivity index (χ4v) is 4.25. The summed E-state index contributed by atoms with van der Waals surface area (Å²) in [5, 5.41) is 0.975. The molecule has 28 heavy (non-hydrogen) atoms. The van der Waals surface area contributed by atoms with Gasteiger partial charge >= 0.3 is 0 Å². The van der Waals surface area contributed by atoms with Crippen molar-refractivity contribution in [3.63, 3.8) is 0 Å². The van der Waals surface area contributed by atoms with E-state index >= 15 is 0 Å². The van der Waals surface area contributed by atoms with Crippen LogP contribution in [0.25, 0.3) is 22.0 Å². The Labute approximate surface area is 163 Å². The minimum Gasteiger partial charge on any atom is -0.451 e. The lowest BCUT2D eigenvalue weighted by Gasteiger charge is -2.32. The van der Waals surface area contributed by atoms with Gasteiger partial charge < -0.3 is 13.9 Å². The quantitative estimate of drug-likeness (QED) is 0.525. The third kappa shape index (κ3) is 2.97. The second kappa shape index (κ2) is 6.82. The summed E-state index contributed by atoms with van der Waals surface area (Å²) < 4.78 is 8.07. The lowest BCUT2D eigenvalue weighted by atomic mass is 9.96. The molecule has 2 aromatic heterocycles. The van der Waals surface area contributed by atoms with E-state index in [1.807, 2.05) is 41.3 Å². The van der Waals surface area contributed by atoms with Gasteiger partial charge in [-0.25, -0.2) is 4.98 Å². The fourth-order valence-electron chi connectivity index (χ4n) is 4.25. The van der Waals surface area contributed by atoms with E-state index in [0.717, 1.165) is 54.8 Å².